The van der Waals surface area contributed by atoms with E-state index in [0.717, 1.165) is 16.7 Å². The van der Waals surface area contributed by atoms with Gasteiger partial charge >= 0.3 is 5.97 Å². The number of fused-ring (bicyclic) bond motifs is 2. The molecule has 1 saturated heterocycles. The molecule has 0 saturated carbocycles. The third-order valence-electron chi connectivity index (χ3n) is 7.38. The lowest BCUT2D eigenvalue weighted by molar-refractivity contribution is -0.207. The van der Waals surface area contributed by atoms with Gasteiger partial charge in [0, 0.05) is 16.5 Å². The number of esters is 1. The first-order valence-electron chi connectivity index (χ1n) is 8.86. The Morgan fingerprint density at radius 2 is 1.73 bits per heavy atom. The summed E-state index contributed by atoms with van der Waals surface area (Å²) < 4.78 is 11.3. The second-order valence-electron chi connectivity index (χ2n) is 8.04. The molecule has 0 amide bonds. The van der Waals surface area contributed by atoms with Crippen LogP contribution in [0.5, 0.6) is 5.75 Å². The molecule has 0 radical (unpaired) electrons. The van der Waals surface area contributed by atoms with E-state index in [9.17, 15) is 9.59 Å². The summed E-state index contributed by atoms with van der Waals surface area (Å²) in [6.45, 7) is 5.89. The lowest BCUT2D eigenvalue weighted by Gasteiger charge is -2.62. The van der Waals surface area contributed by atoms with E-state index in [-0.39, 0.29) is 11.8 Å². The van der Waals surface area contributed by atoms with Crippen LogP contribution in [-0.4, -0.2) is 18.9 Å². The van der Waals surface area contributed by atoms with E-state index in [1.165, 1.54) is 0 Å². The molecule has 0 N–H and O–H groups in total. The van der Waals surface area contributed by atoms with E-state index < -0.39 is 22.3 Å². The molecule has 2 heterocycles. The third kappa shape index (κ3) is 1.31. The first kappa shape index (κ1) is 15.6. The highest BCUT2D eigenvalue weighted by Gasteiger charge is 2.77. The zero-order chi connectivity index (χ0) is 18.5. The standard InChI is InChI=1S/C22H20O4/c1-20-15-10-9-12(25-4)11-14(15)18(23)21(20,2)22(3)16-8-6-5-7-13(16)17(20)19(24)26-22/h5-11,17H,1-4H3. The molecule has 4 nitrogen and oxygen atoms in total. The molecule has 26 heavy (non-hydrogen) atoms. The summed E-state index contributed by atoms with van der Waals surface area (Å²) >= 11 is 0. The molecule has 4 unspecified atom stereocenters. The molecule has 2 aliphatic heterocycles. The van der Waals surface area contributed by atoms with Gasteiger partial charge in [-0.3, -0.25) is 9.59 Å². The van der Waals surface area contributed by atoms with Crippen molar-refractivity contribution >= 4 is 11.8 Å². The number of Topliss-reactive ketones (excluding diaryl/α,β-unsaturated/α-hetero) is 1. The quantitative estimate of drug-likeness (QED) is 0.737. The number of hydrogen-bond donors (Lipinski definition) is 0. The van der Waals surface area contributed by atoms with Gasteiger partial charge in [-0.15, -0.1) is 0 Å². The number of rotatable bonds is 1. The first-order chi connectivity index (χ1) is 12.3. The minimum absolute atomic E-state index is 0.0170. The monoisotopic (exact) mass is 348 g/mol. The van der Waals surface area contributed by atoms with Crippen molar-refractivity contribution in [2.24, 2.45) is 5.41 Å². The fourth-order valence-electron chi connectivity index (χ4n) is 5.77. The lowest BCUT2D eigenvalue weighted by atomic mass is 9.44. The van der Waals surface area contributed by atoms with Gasteiger partial charge < -0.3 is 9.47 Å². The van der Waals surface area contributed by atoms with Crippen molar-refractivity contribution in [3.8, 4) is 5.75 Å². The van der Waals surface area contributed by atoms with Crippen molar-refractivity contribution < 1.29 is 19.1 Å². The Labute approximate surface area is 152 Å². The van der Waals surface area contributed by atoms with Crippen LogP contribution in [0.25, 0.3) is 0 Å². The number of hydrogen-bond acceptors (Lipinski definition) is 4. The van der Waals surface area contributed by atoms with Crippen molar-refractivity contribution in [3.05, 3.63) is 64.7 Å². The zero-order valence-electron chi connectivity index (χ0n) is 15.3. The van der Waals surface area contributed by atoms with Gasteiger partial charge in [0.25, 0.3) is 0 Å². The lowest BCUT2D eigenvalue weighted by Crippen LogP contribution is -2.68. The minimum atomic E-state index is -1.01. The highest BCUT2D eigenvalue weighted by atomic mass is 16.6. The predicted molar refractivity (Wildman–Crippen MR) is 95.4 cm³/mol. The van der Waals surface area contributed by atoms with Crippen LogP contribution in [-0.2, 0) is 20.5 Å². The van der Waals surface area contributed by atoms with Gasteiger partial charge in [0.15, 0.2) is 5.78 Å². The molecular formula is C22H20O4. The Balaban J connectivity index is 1.91. The third-order valence-corrected chi connectivity index (χ3v) is 7.38. The van der Waals surface area contributed by atoms with Crippen molar-refractivity contribution in [3.63, 3.8) is 0 Å². The van der Waals surface area contributed by atoms with Crippen LogP contribution in [0.4, 0.5) is 0 Å². The van der Waals surface area contributed by atoms with Gasteiger partial charge in [-0.05, 0) is 37.1 Å². The minimum Gasteiger partial charge on any atom is -0.497 e. The molecule has 132 valence electrons. The Bertz CT molecular complexity index is 1010. The Morgan fingerprint density at radius 3 is 2.46 bits per heavy atom. The molecule has 1 fully saturated rings. The van der Waals surface area contributed by atoms with E-state index in [0.29, 0.717) is 11.3 Å². The van der Waals surface area contributed by atoms with Crippen LogP contribution in [0.15, 0.2) is 42.5 Å². The van der Waals surface area contributed by atoms with Crippen LogP contribution >= 0.6 is 0 Å². The Kier molecular flexibility index (Phi) is 2.63. The van der Waals surface area contributed by atoms with E-state index in [1.807, 2.05) is 57.2 Å². The highest BCUT2D eigenvalue weighted by Crippen LogP contribution is 2.72. The van der Waals surface area contributed by atoms with Gasteiger partial charge in [-0.2, -0.15) is 0 Å². The van der Waals surface area contributed by atoms with Crippen molar-refractivity contribution in [2.45, 2.75) is 37.7 Å². The molecule has 6 rings (SSSR count). The Morgan fingerprint density at radius 1 is 1.00 bits per heavy atom. The molecule has 0 aromatic heterocycles. The molecule has 2 aromatic carbocycles. The van der Waals surface area contributed by atoms with E-state index in [1.54, 1.807) is 13.2 Å². The van der Waals surface area contributed by atoms with Crippen LogP contribution in [0.2, 0.25) is 0 Å². The maximum Gasteiger partial charge on any atom is 0.315 e. The number of carbonyl (C=O) groups is 2. The zero-order valence-corrected chi connectivity index (χ0v) is 15.3. The summed E-state index contributed by atoms with van der Waals surface area (Å²) in [6, 6.07) is 13.5. The van der Waals surface area contributed by atoms with E-state index in [4.69, 9.17) is 9.47 Å². The van der Waals surface area contributed by atoms with E-state index in [2.05, 4.69) is 0 Å². The Hall–Kier alpha value is -2.62. The van der Waals surface area contributed by atoms with E-state index >= 15 is 0 Å². The molecule has 4 heteroatoms. The normalized spacial score (nSPS) is 36.2. The number of ether oxygens (including phenoxy) is 2. The maximum atomic E-state index is 13.7. The summed E-state index contributed by atoms with van der Waals surface area (Å²) in [6.07, 6.45) is 0. The van der Waals surface area contributed by atoms with Crippen molar-refractivity contribution in [2.75, 3.05) is 7.11 Å². The number of methoxy groups -OCH3 is 1. The number of carbonyl (C=O) groups excluding carboxylic acids is 2. The fourth-order valence-corrected chi connectivity index (χ4v) is 5.77. The number of benzene rings is 2. The largest absolute Gasteiger partial charge is 0.497 e. The second-order valence-corrected chi connectivity index (χ2v) is 8.04. The summed E-state index contributed by atoms with van der Waals surface area (Å²) in [7, 11) is 1.59. The average molecular weight is 348 g/mol. The van der Waals surface area contributed by atoms with Crippen LogP contribution in [0.1, 0.15) is 53.7 Å². The molecule has 4 aliphatic rings. The topological polar surface area (TPSA) is 52.6 Å². The van der Waals surface area contributed by atoms with Gasteiger partial charge in [-0.1, -0.05) is 37.3 Å². The molecular weight excluding hydrogens is 328 g/mol. The molecule has 4 atom stereocenters. The average Bonchev–Trinajstić information content (AvgIpc) is 2.82. The SMILES string of the molecule is COc1ccc2c(c1)C(=O)C1(C)C3(C)OC(=O)C(c4ccccc43)C21C. The summed E-state index contributed by atoms with van der Waals surface area (Å²) in [4.78, 5) is 26.7. The fraction of sp³-hybridized carbons (Fsp3) is 0.364. The first-order valence-corrected chi connectivity index (χ1v) is 8.86. The van der Waals surface area contributed by atoms with Crippen LogP contribution < -0.4 is 4.74 Å². The van der Waals surface area contributed by atoms with Crippen LogP contribution in [0.3, 0.4) is 0 Å². The predicted octanol–water partition coefficient (Wildman–Crippen LogP) is 3.72. The molecule has 0 spiro atoms. The van der Waals surface area contributed by atoms with Gasteiger partial charge in [0.05, 0.1) is 18.4 Å². The molecule has 2 bridgehead atoms. The number of ketones is 1. The summed E-state index contributed by atoms with van der Waals surface area (Å²) in [5.41, 5.74) is 0.921. The maximum absolute atomic E-state index is 13.7. The molecule has 2 aromatic rings. The summed E-state index contributed by atoms with van der Waals surface area (Å²) in [5, 5.41) is 0. The highest BCUT2D eigenvalue weighted by molar-refractivity contribution is 6.11. The summed E-state index contributed by atoms with van der Waals surface area (Å²) in [5.74, 6) is -0.0830. The smallest absolute Gasteiger partial charge is 0.315 e. The van der Waals surface area contributed by atoms with Crippen LogP contribution in [0, 0.1) is 5.41 Å². The molecule has 2 aliphatic carbocycles. The second kappa shape index (κ2) is 4.37. The van der Waals surface area contributed by atoms with Gasteiger partial charge in [-0.25, -0.2) is 0 Å². The van der Waals surface area contributed by atoms with Crippen molar-refractivity contribution in [1.82, 2.24) is 0 Å². The van der Waals surface area contributed by atoms with Gasteiger partial charge in [0.2, 0.25) is 0 Å². The van der Waals surface area contributed by atoms with Gasteiger partial charge in [0.1, 0.15) is 11.4 Å². The van der Waals surface area contributed by atoms with Crippen molar-refractivity contribution in [1.29, 1.82) is 0 Å².